The Hall–Kier alpha value is -2.20. The van der Waals surface area contributed by atoms with E-state index in [0.717, 1.165) is 18.6 Å². The molecule has 0 unspecified atom stereocenters. The SMILES string of the molecule is O=C(Nc1ccc(OC2CCCC2)cc1)Nc1cccc(Cl)c1. The lowest BCUT2D eigenvalue weighted by Gasteiger charge is -2.13. The van der Waals surface area contributed by atoms with E-state index in [2.05, 4.69) is 10.6 Å². The van der Waals surface area contributed by atoms with Gasteiger partial charge in [0.25, 0.3) is 0 Å². The normalized spacial score (nSPS) is 14.5. The highest BCUT2D eigenvalue weighted by Crippen LogP contribution is 2.25. The molecule has 2 aromatic rings. The molecule has 23 heavy (non-hydrogen) atoms. The summed E-state index contributed by atoms with van der Waals surface area (Å²) in [6.07, 6.45) is 5.08. The Morgan fingerprint density at radius 2 is 1.70 bits per heavy atom. The van der Waals surface area contributed by atoms with Gasteiger partial charge in [-0.3, -0.25) is 0 Å². The molecule has 0 spiro atoms. The monoisotopic (exact) mass is 330 g/mol. The topological polar surface area (TPSA) is 50.4 Å². The fourth-order valence-corrected chi connectivity index (χ4v) is 2.87. The molecule has 5 heteroatoms. The maximum atomic E-state index is 12.0. The molecule has 2 N–H and O–H groups in total. The van der Waals surface area contributed by atoms with Gasteiger partial charge in [-0.1, -0.05) is 17.7 Å². The van der Waals surface area contributed by atoms with E-state index >= 15 is 0 Å². The van der Waals surface area contributed by atoms with Gasteiger partial charge in [0.1, 0.15) is 5.75 Å². The minimum atomic E-state index is -0.309. The van der Waals surface area contributed by atoms with Crippen molar-refractivity contribution in [3.63, 3.8) is 0 Å². The molecule has 1 saturated carbocycles. The molecule has 0 aromatic heterocycles. The first-order chi connectivity index (χ1) is 11.2. The van der Waals surface area contributed by atoms with Crippen molar-refractivity contribution >= 4 is 29.0 Å². The number of carbonyl (C=O) groups excluding carboxylic acids is 1. The Kier molecular flexibility index (Phi) is 5.03. The summed E-state index contributed by atoms with van der Waals surface area (Å²) >= 11 is 5.89. The van der Waals surface area contributed by atoms with Crippen LogP contribution in [0, 0.1) is 0 Å². The maximum Gasteiger partial charge on any atom is 0.323 e. The average molecular weight is 331 g/mol. The van der Waals surface area contributed by atoms with E-state index < -0.39 is 0 Å². The second kappa shape index (κ2) is 7.38. The number of ether oxygens (including phenoxy) is 1. The van der Waals surface area contributed by atoms with Gasteiger partial charge >= 0.3 is 6.03 Å². The van der Waals surface area contributed by atoms with Gasteiger partial charge in [0.05, 0.1) is 6.10 Å². The van der Waals surface area contributed by atoms with E-state index in [1.807, 2.05) is 24.3 Å². The molecule has 3 rings (SSSR count). The number of amides is 2. The van der Waals surface area contributed by atoms with Crippen LogP contribution in [0.5, 0.6) is 5.75 Å². The first kappa shape index (κ1) is 15.7. The number of nitrogens with one attached hydrogen (secondary N) is 2. The highest BCUT2D eigenvalue weighted by Gasteiger charge is 2.16. The van der Waals surface area contributed by atoms with Crippen LogP contribution < -0.4 is 15.4 Å². The van der Waals surface area contributed by atoms with Crippen molar-refractivity contribution in [3.05, 3.63) is 53.6 Å². The number of rotatable bonds is 4. The average Bonchev–Trinajstić information content (AvgIpc) is 3.02. The van der Waals surface area contributed by atoms with Crippen LogP contribution in [0.25, 0.3) is 0 Å². The van der Waals surface area contributed by atoms with Gasteiger partial charge in [-0.25, -0.2) is 4.79 Å². The van der Waals surface area contributed by atoms with Crippen molar-refractivity contribution in [1.29, 1.82) is 0 Å². The summed E-state index contributed by atoms with van der Waals surface area (Å²) in [5, 5.41) is 6.10. The summed E-state index contributed by atoms with van der Waals surface area (Å²) in [7, 11) is 0. The lowest BCUT2D eigenvalue weighted by Crippen LogP contribution is -2.19. The van der Waals surface area contributed by atoms with Crippen LogP contribution in [0.3, 0.4) is 0 Å². The predicted octanol–water partition coefficient (Wildman–Crippen LogP) is 5.31. The molecule has 0 heterocycles. The number of halogens is 1. The quantitative estimate of drug-likeness (QED) is 0.798. The smallest absolute Gasteiger partial charge is 0.323 e. The second-order valence-corrected chi connectivity index (χ2v) is 6.07. The van der Waals surface area contributed by atoms with E-state index in [0.29, 0.717) is 22.5 Å². The summed E-state index contributed by atoms with van der Waals surface area (Å²) in [5.41, 5.74) is 1.36. The largest absolute Gasteiger partial charge is 0.490 e. The fourth-order valence-electron chi connectivity index (χ4n) is 2.68. The molecule has 120 valence electrons. The molecule has 0 saturated heterocycles. The van der Waals surface area contributed by atoms with E-state index in [9.17, 15) is 4.79 Å². The predicted molar refractivity (Wildman–Crippen MR) is 93.4 cm³/mol. The molecule has 2 aromatic carbocycles. The number of anilines is 2. The van der Waals surface area contributed by atoms with Crippen LogP contribution in [0.15, 0.2) is 48.5 Å². The number of carbonyl (C=O) groups is 1. The van der Waals surface area contributed by atoms with Gasteiger partial charge in [0.2, 0.25) is 0 Å². The lowest BCUT2D eigenvalue weighted by atomic mass is 10.2. The van der Waals surface area contributed by atoms with E-state index in [-0.39, 0.29) is 6.03 Å². The molecular weight excluding hydrogens is 312 g/mol. The first-order valence-corrected chi connectivity index (χ1v) is 8.17. The lowest BCUT2D eigenvalue weighted by molar-refractivity contribution is 0.210. The molecule has 1 aliphatic rings. The standard InChI is InChI=1S/C18H19ClN2O2/c19-13-4-3-5-15(12-13)21-18(22)20-14-8-10-17(11-9-14)23-16-6-1-2-7-16/h3-5,8-12,16H,1-2,6-7H2,(H2,20,21,22). The summed E-state index contributed by atoms with van der Waals surface area (Å²) in [5.74, 6) is 0.845. The third kappa shape index (κ3) is 4.63. The Labute approximate surface area is 140 Å². The fraction of sp³-hybridized carbons (Fsp3) is 0.278. The van der Waals surface area contributed by atoms with Crippen LogP contribution in [0.2, 0.25) is 5.02 Å². The van der Waals surface area contributed by atoms with E-state index in [1.165, 1.54) is 12.8 Å². The zero-order chi connectivity index (χ0) is 16.1. The van der Waals surface area contributed by atoms with Crippen molar-refractivity contribution in [2.75, 3.05) is 10.6 Å². The summed E-state index contributed by atoms with van der Waals surface area (Å²) in [6.45, 7) is 0. The zero-order valence-corrected chi connectivity index (χ0v) is 13.5. The van der Waals surface area contributed by atoms with Crippen LogP contribution in [0.1, 0.15) is 25.7 Å². The van der Waals surface area contributed by atoms with Crippen molar-refractivity contribution in [2.24, 2.45) is 0 Å². The van der Waals surface area contributed by atoms with Crippen LogP contribution in [0.4, 0.5) is 16.2 Å². The number of urea groups is 1. The van der Waals surface area contributed by atoms with Crippen LogP contribution in [-0.4, -0.2) is 12.1 Å². The van der Waals surface area contributed by atoms with Crippen LogP contribution in [-0.2, 0) is 0 Å². The minimum absolute atomic E-state index is 0.309. The summed E-state index contributed by atoms with van der Waals surface area (Å²) in [6, 6.07) is 14.1. The Bertz CT molecular complexity index is 667. The third-order valence-corrected chi connectivity index (χ3v) is 4.03. The molecule has 0 aliphatic heterocycles. The van der Waals surface area contributed by atoms with Crippen molar-refractivity contribution in [2.45, 2.75) is 31.8 Å². The highest BCUT2D eigenvalue weighted by molar-refractivity contribution is 6.30. The van der Waals surface area contributed by atoms with Gasteiger partial charge < -0.3 is 15.4 Å². The van der Waals surface area contributed by atoms with Crippen LogP contribution >= 0.6 is 11.6 Å². The van der Waals surface area contributed by atoms with Gasteiger partial charge in [-0.15, -0.1) is 0 Å². The zero-order valence-electron chi connectivity index (χ0n) is 12.7. The van der Waals surface area contributed by atoms with Crippen molar-refractivity contribution in [1.82, 2.24) is 0 Å². The van der Waals surface area contributed by atoms with E-state index in [4.69, 9.17) is 16.3 Å². The number of benzene rings is 2. The summed E-state index contributed by atoms with van der Waals surface area (Å²) < 4.78 is 5.90. The Balaban J connectivity index is 1.54. The number of hydrogen-bond acceptors (Lipinski definition) is 2. The molecule has 0 radical (unpaired) electrons. The number of hydrogen-bond donors (Lipinski definition) is 2. The molecule has 0 atom stereocenters. The van der Waals surface area contributed by atoms with Crippen molar-refractivity contribution in [3.8, 4) is 5.75 Å². The van der Waals surface area contributed by atoms with E-state index in [1.54, 1.807) is 24.3 Å². The minimum Gasteiger partial charge on any atom is -0.490 e. The van der Waals surface area contributed by atoms with Gasteiger partial charge in [-0.05, 0) is 68.1 Å². The summed E-state index contributed by atoms with van der Waals surface area (Å²) in [4.78, 5) is 12.0. The molecule has 2 amide bonds. The Morgan fingerprint density at radius 3 is 2.39 bits per heavy atom. The molecule has 4 nitrogen and oxygen atoms in total. The molecule has 1 aliphatic carbocycles. The maximum absolute atomic E-state index is 12.0. The molecule has 0 bridgehead atoms. The Morgan fingerprint density at radius 1 is 1.00 bits per heavy atom. The second-order valence-electron chi connectivity index (χ2n) is 5.64. The molecular formula is C18H19ClN2O2. The third-order valence-electron chi connectivity index (χ3n) is 3.80. The van der Waals surface area contributed by atoms with Crippen molar-refractivity contribution < 1.29 is 9.53 Å². The van der Waals surface area contributed by atoms with Gasteiger partial charge in [0, 0.05) is 16.4 Å². The molecule has 1 fully saturated rings. The highest BCUT2D eigenvalue weighted by atomic mass is 35.5. The first-order valence-electron chi connectivity index (χ1n) is 7.79. The van der Waals surface area contributed by atoms with Gasteiger partial charge in [-0.2, -0.15) is 0 Å². The van der Waals surface area contributed by atoms with Gasteiger partial charge in [0.15, 0.2) is 0 Å².